The Morgan fingerprint density at radius 2 is 1.18 bits per heavy atom. The smallest absolute Gasteiger partial charge is 0.241 e. The zero-order chi connectivity index (χ0) is 26.9. The zero-order valence-corrected chi connectivity index (χ0v) is 21.6. The van der Waals surface area contributed by atoms with Gasteiger partial charge < -0.3 is 0 Å². The molecule has 0 bridgehead atoms. The molecule has 192 valence electrons. The standard InChI is InChI=1S/C30H22F3N5Si/c31-30(32,33)23-11-10-14-25(21-23)38-22-34-29(36-38)39(26-15-6-2-7-16-26,27-17-8-3-9-18-27)28-19-20-37(35-28)24-12-4-1-5-13-24/h1-22H. The van der Waals surface area contributed by atoms with Crippen molar-refractivity contribution in [3.05, 3.63) is 139 Å². The molecule has 5 nitrogen and oxygen atoms in total. The molecule has 2 heterocycles. The number of halogens is 3. The SMILES string of the molecule is FC(F)(F)c1cccc(-n2cnc([Si](c3ccccc3)(c3ccccc3)c3ccn(-c4ccccc4)n3)n2)c1. The van der Waals surface area contributed by atoms with Crippen LogP contribution >= 0.6 is 0 Å². The Morgan fingerprint density at radius 1 is 0.590 bits per heavy atom. The van der Waals surface area contributed by atoms with Crippen LogP contribution in [0.1, 0.15) is 5.56 Å². The van der Waals surface area contributed by atoms with E-state index in [1.807, 2.05) is 108 Å². The summed E-state index contributed by atoms with van der Waals surface area (Å²) in [7, 11) is -3.17. The van der Waals surface area contributed by atoms with E-state index in [0.717, 1.165) is 33.5 Å². The maximum atomic E-state index is 13.4. The Bertz CT molecular complexity index is 1660. The highest BCUT2D eigenvalue weighted by molar-refractivity contribution is 7.18. The third-order valence-corrected chi connectivity index (χ3v) is 11.0. The van der Waals surface area contributed by atoms with Crippen molar-refractivity contribution in [1.29, 1.82) is 0 Å². The van der Waals surface area contributed by atoms with Gasteiger partial charge in [-0.2, -0.15) is 23.4 Å². The summed E-state index contributed by atoms with van der Waals surface area (Å²) in [6.45, 7) is 0. The van der Waals surface area contributed by atoms with E-state index in [9.17, 15) is 13.2 Å². The lowest BCUT2D eigenvalue weighted by Gasteiger charge is -2.28. The predicted molar refractivity (Wildman–Crippen MR) is 147 cm³/mol. The third-order valence-electron chi connectivity index (χ3n) is 6.67. The third kappa shape index (κ3) is 4.46. The molecule has 0 spiro atoms. The molecule has 0 atom stereocenters. The average Bonchev–Trinajstić information content (AvgIpc) is 3.67. The molecule has 0 aliphatic carbocycles. The minimum Gasteiger partial charge on any atom is -0.241 e. The Hall–Kier alpha value is -4.76. The summed E-state index contributed by atoms with van der Waals surface area (Å²) in [6, 6.07) is 36.9. The van der Waals surface area contributed by atoms with Crippen molar-refractivity contribution in [3.8, 4) is 11.4 Å². The van der Waals surface area contributed by atoms with Crippen molar-refractivity contribution in [2.45, 2.75) is 6.18 Å². The van der Waals surface area contributed by atoms with Crippen LogP contribution < -0.4 is 21.1 Å². The van der Waals surface area contributed by atoms with Gasteiger partial charge in [0.05, 0.1) is 22.3 Å². The van der Waals surface area contributed by atoms with E-state index in [2.05, 4.69) is 0 Å². The van der Waals surface area contributed by atoms with E-state index in [0.29, 0.717) is 5.45 Å². The van der Waals surface area contributed by atoms with Gasteiger partial charge in [-0.25, -0.2) is 14.3 Å². The minimum atomic E-state index is -4.46. The highest BCUT2D eigenvalue weighted by atomic mass is 28.3. The fraction of sp³-hybridized carbons (Fsp3) is 0.0333. The van der Waals surface area contributed by atoms with Gasteiger partial charge in [0.2, 0.25) is 0 Å². The average molecular weight is 538 g/mol. The minimum absolute atomic E-state index is 0.280. The molecule has 0 unspecified atom stereocenters. The van der Waals surface area contributed by atoms with Crippen LogP contribution in [0.5, 0.6) is 0 Å². The van der Waals surface area contributed by atoms with Gasteiger partial charge in [-0.15, -0.1) is 0 Å². The van der Waals surface area contributed by atoms with Crippen LogP contribution in [0.4, 0.5) is 13.2 Å². The molecule has 9 heteroatoms. The molecule has 2 aromatic heterocycles. The lowest BCUT2D eigenvalue weighted by molar-refractivity contribution is -0.137. The molecule has 0 saturated carbocycles. The second-order valence-corrected chi connectivity index (χ2v) is 12.6. The number of hydrogen-bond acceptors (Lipinski definition) is 3. The predicted octanol–water partition coefficient (Wildman–Crippen LogP) is 3.85. The lowest BCUT2D eigenvalue weighted by Crippen LogP contribution is -2.76. The summed E-state index contributed by atoms with van der Waals surface area (Å²) in [5.41, 5.74) is 0.974. The number of aromatic nitrogens is 5. The Kier molecular flexibility index (Phi) is 6.20. The van der Waals surface area contributed by atoms with E-state index in [1.165, 1.54) is 17.1 Å². The first kappa shape index (κ1) is 24.6. The first-order chi connectivity index (χ1) is 19.0. The van der Waals surface area contributed by atoms with Crippen molar-refractivity contribution >= 4 is 29.2 Å². The van der Waals surface area contributed by atoms with Crippen molar-refractivity contribution in [2.24, 2.45) is 0 Å². The van der Waals surface area contributed by atoms with Gasteiger partial charge in [0.15, 0.2) is 0 Å². The van der Waals surface area contributed by atoms with Crippen molar-refractivity contribution in [3.63, 3.8) is 0 Å². The van der Waals surface area contributed by atoms with E-state index in [-0.39, 0.29) is 5.69 Å². The highest BCUT2D eigenvalue weighted by Crippen LogP contribution is 2.30. The van der Waals surface area contributed by atoms with Gasteiger partial charge in [0.25, 0.3) is 8.07 Å². The second-order valence-electron chi connectivity index (χ2n) is 9.02. The lowest BCUT2D eigenvalue weighted by atomic mass is 10.2. The largest absolute Gasteiger partial charge is 0.416 e. The van der Waals surface area contributed by atoms with Gasteiger partial charge in [0, 0.05) is 6.20 Å². The quantitative estimate of drug-likeness (QED) is 0.304. The topological polar surface area (TPSA) is 48.5 Å². The van der Waals surface area contributed by atoms with E-state index in [4.69, 9.17) is 15.2 Å². The first-order valence-electron chi connectivity index (χ1n) is 12.3. The van der Waals surface area contributed by atoms with Crippen LogP contribution in [0.2, 0.25) is 0 Å². The van der Waals surface area contributed by atoms with Crippen molar-refractivity contribution in [1.82, 2.24) is 24.5 Å². The summed E-state index contributed by atoms with van der Waals surface area (Å²) < 4.78 is 43.5. The van der Waals surface area contributed by atoms with Gasteiger partial charge >= 0.3 is 6.18 Å². The molecule has 0 aliphatic heterocycles. The van der Waals surface area contributed by atoms with E-state index < -0.39 is 19.8 Å². The summed E-state index contributed by atoms with van der Waals surface area (Å²) in [4.78, 5) is 4.75. The molecule has 0 N–H and O–H groups in total. The number of alkyl halides is 3. The number of hydrogen-bond donors (Lipinski definition) is 0. The molecule has 0 radical (unpaired) electrons. The molecule has 0 amide bonds. The van der Waals surface area contributed by atoms with Gasteiger partial charge in [-0.1, -0.05) is 84.9 Å². The van der Waals surface area contributed by atoms with Crippen LogP contribution in [0.25, 0.3) is 11.4 Å². The van der Waals surface area contributed by atoms with E-state index in [1.54, 1.807) is 6.07 Å². The molecule has 0 aliphatic rings. The van der Waals surface area contributed by atoms with Crippen LogP contribution in [0.15, 0.2) is 134 Å². The molecule has 0 saturated heterocycles. The van der Waals surface area contributed by atoms with Crippen LogP contribution in [0, 0.1) is 0 Å². The molecule has 4 aromatic carbocycles. The molecule has 0 fully saturated rings. The molecule has 6 aromatic rings. The molecule has 39 heavy (non-hydrogen) atoms. The number of rotatable bonds is 6. The summed E-state index contributed by atoms with van der Waals surface area (Å²) >= 11 is 0. The molecule has 6 rings (SSSR count). The van der Waals surface area contributed by atoms with Crippen molar-refractivity contribution in [2.75, 3.05) is 0 Å². The Morgan fingerprint density at radius 3 is 1.79 bits per heavy atom. The van der Waals surface area contributed by atoms with E-state index >= 15 is 0 Å². The van der Waals surface area contributed by atoms with Gasteiger partial charge in [-0.3, -0.25) is 0 Å². The monoisotopic (exact) mass is 537 g/mol. The van der Waals surface area contributed by atoms with Gasteiger partial charge in [0.1, 0.15) is 11.8 Å². The Balaban J connectivity index is 1.59. The van der Waals surface area contributed by atoms with Crippen LogP contribution in [-0.4, -0.2) is 32.6 Å². The van der Waals surface area contributed by atoms with Crippen LogP contribution in [0.3, 0.4) is 0 Å². The number of benzene rings is 4. The Labute approximate surface area is 223 Å². The zero-order valence-electron chi connectivity index (χ0n) is 20.6. The number of nitrogens with zero attached hydrogens (tertiary/aromatic N) is 5. The highest BCUT2D eigenvalue weighted by Gasteiger charge is 2.47. The summed E-state index contributed by atoms with van der Waals surface area (Å²) in [5.74, 6) is 0. The number of para-hydroxylation sites is 1. The second kappa shape index (κ2) is 9.84. The van der Waals surface area contributed by atoms with Crippen molar-refractivity contribution < 1.29 is 13.2 Å². The molecular weight excluding hydrogens is 515 g/mol. The maximum Gasteiger partial charge on any atom is 0.416 e. The summed E-state index contributed by atoms with van der Waals surface area (Å²) in [6.07, 6.45) is -1.06. The first-order valence-corrected chi connectivity index (χ1v) is 14.3. The molecular formula is C30H22F3N5Si. The van der Waals surface area contributed by atoms with Gasteiger partial charge in [-0.05, 0) is 46.8 Å². The van der Waals surface area contributed by atoms with Crippen LogP contribution in [-0.2, 0) is 6.18 Å². The fourth-order valence-electron chi connectivity index (χ4n) is 4.84. The maximum absolute atomic E-state index is 13.4. The normalized spacial score (nSPS) is 12.0. The summed E-state index contributed by atoms with van der Waals surface area (Å²) in [5, 5.41) is 12.7. The fourth-order valence-corrected chi connectivity index (χ4v) is 8.99.